The number of hydrogen-bond acceptors (Lipinski definition) is 5. The molecule has 1 heterocycles. The SMILES string of the molecule is O=C1C(c2ccccc2)=C(c2ccccc2)C(=O)N1OS(=O)(=O)C(F)(F)F. The third-order valence-electron chi connectivity index (χ3n) is 3.63. The van der Waals surface area contributed by atoms with E-state index in [1.165, 1.54) is 24.3 Å². The zero-order valence-corrected chi connectivity index (χ0v) is 14.1. The second-order valence-electron chi connectivity index (χ2n) is 5.36. The highest BCUT2D eigenvalue weighted by atomic mass is 32.2. The third-order valence-corrected chi connectivity index (χ3v) is 4.54. The van der Waals surface area contributed by atoms with Gasteiger partial charge in [0.15, 0.2) is 0 Å². The van der Waals surface area contributed by atoms with Crippen molar-refractivity contribution < 1.29 is 35.5 Å². The molecule has 2 amide bonds. The number of benzene rings is 2. The molecule has 140 valence electrons. The van der Waals surface area contributed by atoms with Crippen LogP contribution in [0.4, 0.5) is 13.2 Å². The highest BCUT2D eigenvalue weighted by molar-refractivity contribution is 7.87. The largest absolute Gasteiger partial charge is 0.525 e. The Balaban J connectivity index is 2.13. The van der Waals surface area contributed by atoms with Gasteiger partial charge in [0, 0.05) is 0 Å². The molecule has 0 spiro atoms. The van der Waals surface area contributed by atoms with Gasteiger partial charge >= 0.3 is 15.6 Å². The fourth-order valence-corrected chi connectivity index (χ4v) is 2.88. The number of alkyl halides is 3. The Hall–Kier alpha value is -2.98. The van der Waals surface area contributed by atoms with Crippen LogP contribution in [0.1, 0.15) is 11.1 Å². The van der Waals surface area contributed by atoms with Crippen LogP contribution in [0.3, 0.4) is 0 Å². The first kappa shape index (κ1) is 18.8. The lowest BCUT2D eigenvalue weighted by atomic mass is 9.96. The molecular formula is C17H10F3NO5S. The zero-order valence-electron chi connectivity index (χ0n) is 13.3. The van der Waals surface area contributed by atoms with Crippen molar-refractivity contribution in [3.8, 4) is 0 Å². The normalized spacial score (nSPS) is 15.6. The van der Waals surface area contributed by atoms with Crippen molar-refractivity contribution in [3.05, 3.63) is 71.8 Å². The molecule has 2 aromatic rings. The Bertz CT molecular complexity index is 970. The number of hydrogen-bond donors (Lipinski definition) is 0. The van der Waals surface area contributed by atoms with Crippen LogP contribution in [0.25, 0.3) is 11.1 Å². The predicted molar refractivity (Wildman–Crippen MR) is 87.6 cm³/mol. The number of imide groups is 1. The van der Waals surface area contributed by atoms with Gasteiger partial charge in [0.05, 0.1) is 11.1 Å². The van der Waals surface area contributed by atoms with Gasteiger partial charge in [0.25, 0.3) is 11.8 Å². The molecular weight excluding hydrogens is 387 g/mol. The Morgan fingerprint density at radius 2 is 1.11 bits per heavy atom. The Morgan fingerprint density at radius 3 is 1.44 bits per heavy atom. The van der Waals surface area contributed by atoms with Gasteiger partial charge in [0.1, 0.15) is 0 Å². The van der Waals surface area contributed by atoms with Gasteiger partial charge in [0.2, 0.25) is 0 Å². The molecule has 2 aromatic carbocycles. The first-order valence-corrected chi connectivity index (χ1v) is 8.79. The number of carbonyl (C=O) groups excluding carboxylic acids is 2. The van der Waals surface area contributed by atoms with E-state index in [2.05, 4.69) is 4.28 Å². The second-order valence-corrected chi connectivity index (χ2v) is 6.88. The minimum absolute atomic E-state index is 0.227. The predicted octanol–water partition coefficient (Wildman–Crippen LogP) is 2.75. The first-order valence-electron chi connectivity index (χ1n) is 7.38. The van der Waals surface area contributed by atoms with Crippen molar-refractivity contribution in [3.63, 3.8) is 0 Å². The van der Waals surface area contributed by atoms with Gasteiger partial charge in [-0.1, -0.05) is 60.7 Å². The molecule has 0 bridgehead atoms. The fraction of sp³-hybridized carbons (Fsp3) is 0.0588. The molecule has 0 N–H and O–H groups in total. The van der Waals surface area contributed by atoms with Crippen molar-refractivity contribution in [2.45, 2.75) is 5.51 Å². The van der Waals surface area contributed by atoms with Crippen molar-refractivity contribution in [2.75, 3.05) is 0 Å². The smallest absolute Gasteiger partial charge is 0.266 e. The summed E-state index contributed by atoms with van der Waals surface area (Å²) in [6, 6.07) is 15.3. The van der Waals surface area contributed by atoms with Crippen LogP contribution in [0.5, 0.6) is 0 Å². The number of rotatable bonds is 4. The van der Waals surface area contributed by atoms with E-state index >= 15 is 0 Å². The summed E-state index contributed by atoms with van der Waals surface area (Å²) in [6.45, 7) is 0. The maximum absolute atomic E-state index is 12.6. The molecule has 27 heavy (non-hydrogen) atoms. The molecule has 1 aliphatic heterocycles. The Morgan fingerprint density at radius 1 is 0.741 bits per heavy atom. The second kappa shape index (κ2) is 6.63. The lowest BCUT2D eigenvalue weighted by Crippen LogP contribution is -2.38. The summed E-state index contributed by atoms with van der Waals surface area (Å²) >= 11 is 0. The molecule has 3 rings (SSSR count). The summed E-state index contributed by atoms with van der Waals surface area (Å²) in [5.41, 5.74) is -5.86. The minimum atomic E-state index is -6.20. The van der Waals surface area contributed by atoms with E-state index < -0.39 is 27.4 Å². The number of amides is 2. The molecule has 1 aliphatic rings. The summed E-state index contributed by atoms with van der Waals surface area (Å²) in [5.74, 6) is -2.62. The van der Waals surface area contributed by atoms with Crippen LogP contribution in [0.2, 0.25) is 0 Å². The van der Waals surface area contributed by atoms with Gasteiger partial charge in [-0.3, -0.25) is 9.59 Å². The molecule has 0 radical (unpaired) electrons. The lowest BCUT2D eigenvalue weighted by Gasteiger charge is -2.15. The average Bonchev–Trinajstić information content (AvgIpc) is 2.86. The molecule has 0 saturated heterocycles. The lowest BCUT2D eigenvalue weighted by molar-refractivity contribution is -0.164. The molecule has 10 heteroatoms. The van der Waals surface area contributed by atoms with Gasteiger partial charge in [-0.2, -0.15) is 21.6 Å². The standard InChI is InChI=1S/C17H10F3NO5S/c18-17(19,20)27(24,25)26-21-15(22)13(11-7-3-1-4-8-11)14(16(21)23)12-9-5-2-6-10-12/h1-10H. The quantitative estimate of drug-likeness (QED) is 0.586. The topological polar surface area (TPSA) is 80.8 Å². The summed E-state index contributed by atoms with van der Waals surface area (Å²) in [4.78, 5) is 25.2. The van der Waals surface area contributed by atoms with Gasteiger partial charge in [-0.15, -0.1) is 9.35 Å². The summed E-state index contributed by atoms with van der Waals surface area (Å²) in [6.07, 6.45) is 0. The van der Waals surface area contributed by atoms with Gasteiger partial charge in [-0.05, 0) is 11.1 Å². The van der Waals surface area contributed by atoms with Crippen LogP contribution in [0.15, 0.2) is 60.7 Å². The van der Waals surface area contributed by atoms with E-state index in [4.69, 9.17) is 0 Å². The molecule has 0 aromatic heterocycles. The molecule has 0 atom stereocenters. The third kappa shape index (κ3) is 3.36. The van der Waals surface area contributed by atoms with Crippen LogP contribution in [-0.4, -0.2) is 30.8 Å². The number of carbonyl (C=O) groups is 2. The maximum atomic E-state index is 12.6. The van der Waals surface area contributed by atoms with E-state index in [0.29, 0.717) is 0 Å². The van der Waals surface area contributed by atoms with Crippen LogP contribution < -0.4 is 0 Å². The van der Waals surface area contributed by atoms with Gasteiger partial charge in [-0.25, -0.2) is 0 Å². The Kier molecular flexibility index (Phi) is 4.62. The van der Waals surface area contributed by atoms with Crippen molar-refractivity contribution in [2.24, 2.45) is 0 Å². The van der Waals surface area contributed by atoms with E-state index in [-0.39, 0.29) is 27.3 Å². The van der Waals surface area contributed by atoms with Crippen molar-refractivity contribution in [1.82, 2.24) is 5.06 Å². The van der Waals surface area contributed by atoms with E-state index in [9.17, 15) is 31.2 Å². The summed E-state index contributed by atoms with van der Waals surface area (Å²) < 4.78 is 64.2. The van der Waals surface area contributed by atoms with Crippen LogP contribution in [0, 0.1) is 0 Å². The highest BCUT2D eigenvalue weighted by Crippen LogP contribution is 2.37. The number of nitrogens with zero attached hydrogens (tertiary/aromatic N) is 1. The summed E-state index contributed by atoms with van der Waals surface area (Å²) in [5, 5.41) is -0.381. The molecule has 0 aliphatic carbocycles. The van der Waals surface area contributed by atoms with E-state index in [0.717, 1.165) is 0 Å². The fourth-order valence-electron chi connectivity index (χ4n) is 2.46. The Labute approximate surface area is 151 Å². The number of hydroxylamine groups is 2. The maximum Gasteiger partial charge on any atom is 0.525 e. The summed E-state index contributed by atoms with van der Waals surface area (Å²) in [7, 11) is -6.20. The van der Waals surface area contributed by atoms with Crippen LogP contribution in [-0.2, 0) is 24.0 Å². The van der Waals surface area contributed by atoms with E-state index in [1.54, 1.807) is 36.4 Å². The monoisotopic (exact) mass is 397 g/mol. The number of halogens is 3. The molecule has 0 fully saturated rings. The molecule has 0 saturated carbocycles. The average molecular weight is 397 g/mol. The van der Waals surface area contributed by atoms with Crippen molar-refractivity contribution in [1.29, 1.82) is 0 Å². The van der Waals surface area contributed by atoms with E-state index in [1.807, 2.05) is 0 Å². The molecule has 6 nitrogen and oxygen atoms in total. The molecule has 0 unspecified atom stereocenters. The van der Waals surface area contributed by atoms with Crippen molar-refractivity contribution >= 4 is 33.1 Å². The highest BCUT2D eigenvalue weighted by Gasteiger charge is 2.53. The first-order chi connectivity index (χ1) is 12.6. The van der Waals surface area contributed by atoms with Crippen LogP contribution >= 0.6 is 0 Å². The van der Waals surface area contributed by atoms with Gasteiger partial charge < -0.3 is 0 Å². The minimum Gasteiger partial charge on any atom is -0.266 e. The zero-order chi connectivity index (χ0) is 19.8.